The molecule has 1 rings (SSSR count). The second-order valence-electron chi connectivity index (χ2n) is 1.62. The lowest BCUT2D eigenvalue weighted by atomic mass is 10.5. The highest BCUT2D eigenvalue weighted by Crippen LogP contribution is 2.11. The van der Waals surface area contributed by atoms with Gasteiger partial charge in [-0.1, -0.05) is 0 Å². The quantitative estimate of drug-likeness (QED) is 0.394. The van der Waals surface area contributed by atoms with Gasteiger partial charge in [0, 0.05) is 0 Å². The van der Waals surface area contributed by atoms with Crippen molar-refractivity contribution in [3.05, 3.63) is 16.7 Å². The molecule has 1 aromatic heterocycles. The molecule has 1 heterocycles. The molecule has 0 aliphatic carbocycles. The topological polar surface area (TPSA) is 101 Å². The molecule has 0 saturated carbocycles. The molecule has 0 aromatic carbocycles. The molecule has 0 spiro atoms. The SMILES string of the molecule is Nc1c(O)cnc(=O)n1O. The Morgan fingerprint density at radius 3 is 2.80 bits per heavy atom. The third-order valence-electron chi connectivity index (χ3n) is 0.969. The van der Waals surface area contributed by atoms with Crippen LogP contribution >= 0.6 is 0 Å². The first-order chi connectivity index (χ1) is 4.63. The summed E-state index contributed by atoms with van der Waals surface area (Å²) >= 11 is 0. The van der Waals surface area contributed by atoms with E-state index < -0.39 is 17.3 Å². The van der Waals surface area contributed by atoms with Crippen molar-refractivity contribution in [3.8, 4) is 5.75 Å². The van der Waals surface area contributed by atoms with E-state index in [9.17, 15) is 4.79 Å². The number of nitrogen functional groups attached to an aromatic ring is 1. The Hall–Kier alpha value is -1.72. The van der Waals surface area contributed by atoms with Crippen LogP contribution in [0.15, 0.2) is 11.0 Å². The molecular formula is C4H5N3O3. The summed E-state index contributed by atoms with van der Waals surface area (Å²) in [6, 6.07) is 0. The van der Waals surface area contributed by atoms with Crippen LogP contribution in [-0.2, 0) is 0 Å². The summed E-state index contributed by atoms with van der Waals surface area (Å²) in [6.07, 6.45) is 0.865. The summed E-state index contributed by atoms with van der Waals surface area (Å²) in [5.74, 6) is -0.845. The van der Waals surface area contributed by atoms with Crippen molar-refractivity contribution < 1.29 is 10.3 Å². The molecule has 6 nitrogen and oxygen atoms in total. The van der Waals surface area contributed by atoms with Gasteiger partial charge in [0.25, 0.3) is 0 Å². The first-order valence-electron chi connectivity index (χ1n) is 2.38. The zero-order chi connectivity index (χ0) is 7.72. The van der Waals surface area contributed by atoms with Crippen molar-refractivity contribution >= 4 is 5.82 Å². The highest BCUT2D eigenvalue weighted by Gasteiger charge is 2.03. The number of hydrogen-bond donors (Lipinski definition) is 3. The minimum Gasteiger partial charge on any atom is -0.503 e. The molecule has 4 N–H and O–H groups in total. The first kappa shape index (κ1) is 6.40. The van der Waals surface area contributed by atoms with E-state index in [0.717, 1.165) is 6.20 Å². The van der Waals surface area contributed by atoms with E-state index >= 15 is 0 Å². The summed E-state index contributed by atoms with van der Waals surface area (Å²) in [6.45, 7) is 0. The minimum atomic E-state index is -0.921. The average molecular weight is 143 g/mol. The van der Waals surface area contributed by atoms with Crippen molar-refractivity contribution in [2.75, 3.05) is 5.73 Å². The van der Waals surface area contributed by atoms with Gasteiger partial charge in [0.05, 0.1) is 6.20 Å². The average Bonchev–Trinajstić information content (AvgIpc) is 1.93. The van der Waals surface area contributed by atoms with Crippen LogP contribution < -0.4 is 11.4 Å². The maximum atomic E-state index is 10.4. The summed E-state index contributed by atoms with van der Waals surface area (Å²) in [5, 5.41) is 17.4. The monoisotopic (exact) mass is 143 g/mol. The maximum absolute atomic E-state index is 10.4. The van der Waals surface area contributed by atoms with Gasteiger partial charge in [0.15, 0.2) is 11.6 Å². The third kappa shape index (κ3) is 0.750. The highest BCUT2D eigenvalue weighted by atomic mass is 16.5. The fraction of sp³-hybridized carbons (Fsp3) is 0. The molecule has 1 aromatic rings. The summed E-state index contributed by atoms with van der Waals surface area (Å²) in [7, 11) is 0. The van der Waals surface area contributed by atoms with Crippen molar-refractivity contribution in [2.45, 2.75) is 0 Å². The molecule has 0 saturated heterocycles. The molecule has 0 atom stereocenters. The Balaban J connectivity index is 3.49. The van der Waals surface area contributed by atoms with Gasteiger partial charge in [-0.15, -0.1) is 4.73 Å². The van der Waals surface area contributed by atoms with Crippen molar-refractivity contribution in [1.82, 2.24) is 9.71 Å². The molecule has 54 valence electrons. The molecule has 6 heteroatoms. The Kier molecular flexibility index (Phi) is 1.22. The van der Waals surface area contributed by atoms with E-state index in [0.29, 0.717) is 0 Å². The zero-order valence-corrected chi connectivity index (χ0v) is 4.85. The molecule has 0 fully saturated rings. The van der Waals surface area contributed by atoms with E-state index in [1.165, 1.54) is 0 Å². The van der Waals surface area contributed by atoms with Crippen LogP contribution in [0.25, 0.3) is 0 Å². The normalized spacial score (nSPS) is 9.60. The lowest BCUT2D eigenvalue weighted by molar-refractivity contribution is 0.173. The molecule has 0 aliphatic heterocycles. The van der Waals surface area contributed by atoms with E-state index in [-0.39, 0.29) is 4.73 Å². The molecule has 0 radical (unpaired) electrons. The number of nitrogens with two attached hydrogens (primary N) is 1. The van der Waals surface area contributed by atoms with Gasteiger partial charge in [-0.05, 0) is 0 Å². The van der Waals surface area contributed by atoms with Crippen LogP contribution in [0, 0.1) is 0 Å². The largest absolute Gasteiger partial charge is 0.503 e. The van der Waals surface area contributed by atoms with Gasteiger partial charge < -0.3 is 16.0 Å². The number of anilines is 1. The number of hydrogen-bond acceptors (Lipinski definition) is 5. The zero-order valence-electron chi connectivity index (χ0n) is 4.85. The Labute approximate surface area is 55.1 Å². The van der Waals surface area contributed by atoms with Gasteiger partial charge in [-0.25, -0.2) is 4.79 Å². The van der Waals surface area contributed by atoms with Crippen LogP contribution in [0.3, 0.4) is 0 Å². The van der Waals surface area contributed by atoms with Gasteiger partial charge >= 0.3 is 5.69 Å². The fourth-order valence-electron chi connectivity index (χ4n) is 0.449. The Morgan fingerprint density at radius 1 is 1.70 bits per heavy atom. The van der Waals surface area contributed by atoms with Crippen LogP contribution in [0.4, 0.5) is 5.82 Å². The predicted octanol–water partition coefficient (Wildman–Crippen LogP) is -1.23. The molecular weight excluding hydrogens is 138 g/mol. The summed E-state index contributed by atoms with van der Waals surface area (Å²) in [5.41, 5.74) is 4.08. The van der Waals surface area contributed by atoms with Gasteiger partial charge in [0.2, 0.25) is 0 Å². The Bertz CT molecular complexity index is 305. The van der Waals surface area contributed by atoms with Crippen molar-refractivity contribution in [2.24, 2.45) is 0 Å². The predicted molar refractivity (Wildman–Crippen MR) is 31.8 cm³/mol. The van der Waals surface area contributed by atoms with Crippen LogP contribution in [0.1, 0.15) is 0 Å². The lowest BCUT2D eigenvalue weighted by Crippen LogP contribution is -2.22. The molecule has 0 bridgehead atoms. The molecule has 10 heavy (non-hydrogen) atoms. The summed E-state index contributed by atoms with van der Waals surface area (Å²) in [4.78, 5) is 13.5. The number of aromatic hydroxyl groups is 1. The van der Waals surface area contributed by atoms with E-state index in [4.69, 9.17) is 16.0 Å². The first-order valence-corrected chi connectivity index (χ1v) is 2.38. The van der Waals surface area contributed by atoms with E-state index in [2.05, 4.69) is 4.98 Å². The smallest absolute Gasteiger partial charge is 0.382 e. The second-order valence-corrected chi connectivity index (χ2v) is 1.62. The standard InChI is InChI=1S/C4H5N3O3/c5-3-2(8)1-6-4(9)7(3)10/h1,8,10H,5H2. The highest BCUT2D eigenvalue weighted by molar-refractivity contribution is 5.41. The van der Waals surface area contributed by atoms with Crippen molar-refractivity contribution in [1.29, 1.82) is 0 Å². The minimum absolute atomic E-state index is 0.0648. The van der Waals surface area contributed by atoms with Crippen LogP contribution in [0.2, 0.25) is 0 Å². The molecule has 0 amide bonds. The van der Waals surface area contributed by atoms with Crippen LogP contribution in [-0.4, -0.2) is 20.0 Å². The number of rotatable bonds is 0. The molecule has 0 unspecified atom stereocenters. The van der Waals surface area contributed by atoms with Gasteiger partial charge in [-0.3, -0.25) is 0 Å². The third-order valence-corrected chi connectivity index (χ3v) is 0.969. The maximum Gasteiger partial charge on any atom is 0.382 e. The lowest BCUT2D eigenvalue weighted by Gasteiger charge is -1.99. The van der Waals surface area contributed by atoms with E-state index in [1.807, 2.05) is 0 Å². The van der Waals surface area contributed by atoms with Crippen molar-refractivity contribution in [3.63, 3.8) is 0 Å². The van der Waals surface area contributed by atoms with Gasteiger partial charge in [0.1, 0.15) is 0 Å². The van der Waals surface area contributed by atoms with Crippen LogP contribution in [0.5, 0.6) is 5.75 Å². The number of aromatic nitrogens is 2. The molecule has 0 aliphatic rings. The Morgan fingerprint density at radius 2 is 2.30 bits per heavy atom. The summed E-state index contributed by atoms with van der Waals surface area (Å²) < 4.78 is 0.0648. The number of nitrogens with zero attached hydrogens (tertiary/aromatic N) is 2. The fourth-order valence-corrected chi connectivity index (χ4v) is 0.449. The van der Waals surface area contributed by atoms with Gasteiger partial charge in [-0.2, -0.15) is 4.98 Å². The second kappa shape index (κ2) is 1.90. The van der Waals surface area contributed by atoms with E-state index in [1.54, 1.807) is 0 Å².